The molecule has 11 heavy (non-hydrogen) atoms. The van der Waals surface area contributed by atoms with Gasteiger partial charge in [-0.15, -0.1) is 0 Å². The predicted molar refractivity (Wildman–Crippen MR) is 40.6 cm³/mol. The monoisotopic (exact) mass is 179 g/mol. The van der Waals surface area contributed by atoms with Crippen LogP contribution in [0, 0.1) is 0 Å². The molecule has 1 unspecified atom stereocenters. The summed E-state index contributed by atoms with van der Waals surface area (Å²) < 4.78 is 25.5. The number of alkyl halides is 2. The van der Waals surface area contributed by atoms with Gasteiger partial charge in [0, 0.05) is 13.0 Å². The maximum absolute atomic E-state index is 12.9. The Kier molecular flexibility index (Phi) is 2.30. The Hall–Kier alpha value is -0.410. The normalized spacial score (nSPS) is 31.3. The molecule has 0 saturated heterocycles. The molecule has 4 heteroatoms. The summed E-state index contributed by atoms with van der Waals surface area (Å²) >= 11 is 5.19. The second-order valence-corrected chi connectivity index (χ2v) is 3.02. The Labute approximate surface area is 68.5 Å². The minimum Gasteiger partial charge on any atom is -0.327 e. The van der Waals surface area contributed by atoms with Gasteiger partial charge in [-0.25, -0.2) is 8.78 Å². The van der Waals surface area contributed by atoms with E-state index in [0.717, 1.165) is 6.08 Å². The summed E-state index contributed by atoms with van der Waals surface area (Å²) in [5.74, 6) is -0.948. The van der Waals surface area contributed by atoms with E-state index in [9.17, 15) is 8.78 Å². The highest BCUT2D eigenvalue weighted by Crippen LogP contribution is 2.37. The average molecular weight is 180 g/mol. The van der Waals surface area contributed by atoms with Gasteiger partial charge in [-0.3, -0.25) is 0 Å². The van der Waals surface area contributed by atoms with E-state index in [1.54, 1.807) is 0 Å². The van der Waals surface area contributed by atoms with E-state index in [-0.39, 0.29) is 13.0 Å². The molecule has 62 valence electrons. The lowest BCUT2D eigenvalue weighted by Crippen LogP contribution is -2.21. The molecule has 1 aliphatic rings. The molecule has 0 aromatic rings. The van der Waals surface area contributed by atoms with Crippen molar-refractivity contribution in [2.75, 3.05) is 6.54 Å². The molecule has 0 aromatic heterocycles. The molecule has 0 heterocycles. The van der Waals surface area contributed by atoms with Crippen LogP contribution in [0.15, 0.2) is 23.6 Å². The fourth-order valence-electron chi connectivity index (χ4n) is 0.882. The number of halogens is 3. The highest BCUT2D eigenvalue weighted by atomic mass is 35.5. The fourth-order valence-corrected chi connectivity index (χ4v) is 1.12. The van der Waals surface area contributed by atoms with Gasteiger partial charge in [0.2, 0.25) is 5.13 Å². The van der Waals surface area contributed by atoms with Gasteiger partial charge in [0.15, 0.2) is 5.83 Å². The first kappa shape index (κ1) is 8.68. The number of nitrogens with two attached hydrogens (primary N) is 1. The first-order chi connectivity index (χ1) is 5.06. The number of allylic oxidation sites excluding steroid dienone is 3. The molecule has 1 atom stereocenters. The van der Waals surface area contributed by atoms with Crippen molar-refractivity contribution in [1.82, 2.24) is 0 Å². The second kappa shape index (κ2) is 2.91. The number of hydrogen-bond donors (Lipinski definition) is 1. The molecule has 0 bridgehead atoms. The third kappa shape index (κ3) is 1.79. The smallest absolute Gasteiger partial charge is 0.238 e. The van der Waals surface area contributed by atoms with Crippen molar-refractivity contribution < 1.29 is 8.78 Å². The molecule has 0 aromatic carbocycles. The van der Waals surface area contributed by atoms with Gasteiger partial charge in [-0.2, -0.15) is 0 Å². The zero-order valence-electron chi connectivity index (χ0n) is 5.78. The van der Waals surface area contributed by atoms with Crippen LogP contribution in [0.1, 0.15) is 6.42 Å². The SMILES string of the molecule is NCC1=CC=C(F)C(F)(Cl)C1. The molecule has 0 radical (unpaired) electrons. The third-order valence-electron chi connectivity index (χ3n) is 1.53. The molecule has 2 N–H and O–H groups in total. The molecule has 0 fully saturated rings. The highest BCUT2D eigenvalue weighted by Gasteiger charge is 2.34. The summed E-state index contributed by atoms with van der Waals surface area (Å²) in [5.41, 5.74) is 5.84. The molecule has 1 nitrogen and oxygen atoms in total. The Morgan fingerprint density at radius 2 is 2.27 bits per heavy atom. The molecule has 0 aliphatic heterocycles. The van der Waals surface area contributed by atoms with Crippen LogP contribution in [-0.2, 0) is 0 Å². The first-order valence-electron chi connectivity index (χ1n) is 3.20. The fraction of sp³-hybridized carbons (Fsp3) is 0.429. The minimum absolute atomic E-state index is 0.159. The molecule has 1 aliphatic carbocycles. The Balaban J connectivity index is 2.84. The summed E-state index contributed by atoms with van der Waals surface area (Å²) in [6.45, 7) is 0.210. The largest absolute Gasteiger partial charge is 0.327 e. The maximum Gasteiger partial charge on any atom is 0.238 e. The lowest BCUT2D eigenvalue weighted by atomic mass is 10.0. The lowest BCUT2D eigenvalue weighted by molar-refractivity contribution is 0.271. The van der Waals surface area contributed by atoms with Crippen LogP contribution in [-0.4, -0.2) is 11.7 Å². The van der Waals surface area contributed by atoms with Crippen LogP contribution < -0.4 is 5.73 Å². The quantitative estimate of drug-likeness (QED) is 0.613. The topological polar surface area (TPSA) is 26.0 Å². The average Bonchev–Trinajstić information content (AvgIpc) is 1.95. The van der Waals surface area contributed by atoms with Gasteiger partial charge in [0.05, 0.1) is 0 Å². The van der Waals surface area contributed by atoms with Gasteiger partial charge in [0.1, 0.15) is 0 Å². The Morgan fingerprint density at radius 1 is 1.64 bits per heavy atom. The molecule has 0 amide bonds. The summed E-state index contributed by atoms with van der Waals surface area (Å²) in [7, 11) is 0. The lowest BCUT2D eigenvalue weighted by Gasteiger charge is -2.20. The molecule has 1 rings (SSSR count). The summed E-state index contributed by atoms with van der Waals surface area (Å²) in [5, 5.41) is -2.37. The van der Waals surface area contributed by atoms with Crippen molar-refractivity contribution in [1.29, 1.82) is 0 Å². The van der Waals surface area contributed by atoms with Crippen molar-refractivity contribution in [3.8, 4) is 0 Å². The number of hydrogen-bond acceptors (Lipinski definition) is 1. The minimum atomic E-state index is -2.37. The third-order valence-corrected chi connectivity index (χ3v) is 1.84. The van der Waals surface area contributed by atoms with E-state index in [1.165, 1.54) is 6.08 Å². The Bertz CT molecular complexity index is 220. The van der Waals surface area contributed by atoms with E-state index in [2.05, 4.69) is 0 Å². The second-order valence-electron chi connectivity index (χ2n) is 2.42. The van der Waals surface area contributed by atoms with Crippen LogP contribution >= 0.6 is 11.6 Å². The van der Waals surface area contributed by atoms with Gasteiger partial charge < -0.3 is 5.73 Å². The van der Waals surface area contributed by atoms with Crippen molar-refractivity contribution in [3.63, 3.8) is 0 Å². The highest BCUT2D eigenvalue weighted by molar-refractivity contribution is 6.24. The van der Waals surface area contributed by atoms with E-state index in [0.29, 0.717) is 5.57 Å². The molecule has 0 spiro atoms. The predicted octanol–water partition coefficient (Wildman–Crippen LogP) is 2.03. The molecular formula is C7H8ClF2N. The zero-order chi connectivity index (χ0) is 8.48. The van der Waals surface area contributed by atoms with E-state index in [4.69, 9.17) is 17.3 Å². The Morgan fingerprint density at radius 3 is 2.73 bits per heavy atom. The van der Waals surface area contributed by atoms with Gasteiger partial charge >= 0.3 is 0 Å². The van der Waals surface area contributed by atoms with Gasteiger partial charge in [-0.05, 0) is 6.08 Å². The molecule has 0 saturated carbocycles. The van der Waals surface area contributed by atoms with Crippen LogP contribution in [0.4, 0.5) is 8.78 Å². The van der Waals surface area contributed by atoms with Crippen LogP contribution in [0.3, 0.4) is 0 Å². The van der Waals surface area contributed by atoms with Crippen molar-refractivity contribution in [2.24, 2.45) is 5.73 Å². The van der Waals surface area contributed by atoms with Gasteiger partial charge in [-0.1, -0.05) is 23.3 Å². The van der Waals surface area contributed by atoms with Crippen molar-refractivity contribution >= 4 is 11.6 Å². The maximum atomic E-state index is 12.9. The zero-order valence-corrected chi connectivity index (χ0v) is 6.54. The molecular weight excluding hydrogens is 172 g/mol. The van der Waals surface area contributed by atoms with Crippen molar-refractivity contribution in [3.05, 3.63) is 23.6 Å². The van der Waals surface area contributed by atoms with Crippen LogP contribution in [0.25, 0.3) is 0 Å². The van der Waals surface area contributed by atoms with E-state index in [1.807, 2.05) is 0 Å². The van der Waals surface area contributed by atoms with Gasteiger partial charge in [0.25, 0.3) is 0 Å². The standard InChI is InChI=1S/C7H8ClF2N/c8-7(10)3-5(4-11)1-2-6(7)9/h1-2H,3-4,11H2. The number of rotatable bonds is 1. The van der Waals surface area contributed by atoms with Crippen LogP contribution in [0.5, 0.6) is 0 Å². The summed E-state index contributed by atoms with van der Waals surface area (Å²) in [6.07, 6.45) is 2.31. The van der Waals surface area contributed by atoms with Crippen molar-refractivity contribution in [2.45, 2.75) is 11.5 Å². The van der Waals surface area contributed by atoms with E-state index >= 15 is 0 Å². The van der Waals surface area contributed by atoms with E-state index < -0.39 is 11.0 Å². The van der Waals surface area contributed by atoms with Crippen LogP contribution in [0.2, 0.25) is 0 Å². The summed E-state index contributed by atoms with van der Waals surface area (Å²) in [6, 6.07) is 0. The first-order valence-corrected chi connectivity index (χ1v) is 3.57. The summed E-state index contributed by atoms with van der Waals surface area (Å²) in [4.78, 5) is 0.